The zero-order valence-electron chi connectivity index (χ0n) is 12.2. The van der Waals surface area contributed by atoms with Crippen LogP contribution in [0.3, 0.4) is 0 Å². The largest absolute Gasteiger partial charge is 0.478 e. The number of rotatable bonds is 1. The van der Waals surface area contributed by atoms with Gasteiger partial charge in [0, 0.05) is 31.9 Å². The molecule has 0 radical (unpaired) electrons. The Morgan fingerprint density at radius 3 is 2.65 bits per heavy atom. The van der Waals surface area contributed by atoms with Crippen LogP contribution in [-0.4, -0.2) is 38.2 Å². The summed E-state index contributed by atoms with van der Waals surface area (Å²) >= 11 is 0. The van der Waals surface area contributed by atoms with Crippen LogP contribution < -0.4 is 20.3 Å². The van der Waals surface area contributed by atoms with Crippen molar-refractivity contribution in [3.8, 4) is 5.75 Å². The highest BCUT2D eigenvalue weighted by Crippen LogP contribution is 2.40. The summed E-state index contributed by atoms with van der Waals surface area (Å²) in [7, 11) is 0. The van der Waals surface area contributed by atoms with Gasteiger partial charge in [-0.3, -0.25) is 4.79 Å². The summed E-state index contributed by atoms with van der Waals surface area (Å²) in [6.07, 6.45) is -0.425. The third kappa shape index (κ3) is 2.12. The van der Waals surface area contributed by atoms with Crippen molar-refractivity contribution in [2.45, 2.75) is 26.9 Å². The van der Waals surface area contributed by atoms with Crippen LogP contribution in [0, 0.1) is 13.8 Å². The average Bonchev–Trinajstić information content (AvgIpc) is 2.46. The Kier molecular flexibility index (Phi) is 3.30. The summed E-state index contributed by atoms with van der Waals surface area (Å²) in [5, 5.41) is 6.31. The second-order valence-corrected chi connectivity index (χ2v) is 5.51. The van der Waals surface area contributed by atoms with Gasteiger partial charge in [0.25, 0.3) is 5.91 Å². The topological polar surface area (TPSA) is 53.6 Å². The van der Waals surface area contributed by atoms with Crippen molar-refractivity contribution in [3.05, 3.63) is 17.2 Å². The fraction of sp³-hybridized carbons (Fsp3) is 0.533. The maximum absolute atomic E-state index is 11.8. The first kappa shape index (κ1) is 13.2. The van der Waals surface area contributed by atoms with Gasteiger partial charge in [0.2, 0.25) is 0 Å². The second-order valence-electron chi connectivity index (χ2n) is 5.51. The highest BCUT2D eigenvalue weighted by molar-refractivity contribution is 5.98. The summed E-state index contributed by atoms with van der Waals surface area (Å²) in [5.41, 5.74) is 4.34. The normalized spacial score (nSPS) is 22.1. The molecule has 2 aliphatic rings. The first-order valence-electron chi connectivity index (χ1n) is 7.15. The fourth-order valence-corrected chi connectivity index (χ4v) is 2.82. The van der Waals surface area contributed by atoms with E-state index in [2.05, 4.69) is 29.4 Å². The molecule has 5 nitrogen and oxygen atoms in total. The molecule has 1 saturated heterocycles. The van der Waals surface area contributed by atoms with Gasteiger partial charge < -0.3 is 20.3 Å². The SMILES string of the molecule is Cc1c(N2CCNCC2)cc2c(c1C)OC(C)C(=O)N2. The van der Waals surface area contributed by atoms with Crippen molar-refractivity contribution in [2.75, 3.05) is 36.4 Å². The van der Waals surface area contributed by atoms with E-state index >= 15 is 0 Å². The van der Waals surface area contributed by atoms with Crippen LogP contribution in [0.4, 0.5) is 11.4 Å². The Balaban J connectivity index is 2.03. The van der Waals surface area contributed by atoms with Gasteiger partial charge in [-0.05, 0) is 38.0 Å². The molecule has 1 unspecified atom stereocenters. The lowest BCUT2D eigenvalue weighted by Gasteiger charge is -2.33. The lowest BCUT2D eigenvalue weighted by molar-refractivity contribution is -0.122. The number of carbonyl (C=O) groups excluding carboxylic acids is 1. The molecule has 0 spiro atoms. The predicted molar refractivity (Wildman–Crippen MR) is 79.7 cm³/mol. The molecule has 0 aromatic heterocycles. The first-order valence-corrected chi connectivity index (χ1v) is 7.15. The van der Waals surface area contributed by atoms with E-state index in [1.807, 2.05) is 6.07 Å². The number of anilines is 2. The number of amides is 1. The smallest absolute Gasteiger partial charge is 0.265 e. The lowest BCUT2D eigenvalue weighted by atomic mass is 10.0. The molecular weight excluding hydrogens is 254 g/mol. The molecule has 5 heteroatoms. The molecule has 3 rings (SSSR count). The van der Waals surface area contributed by atoms with Gasteiger partial charge in [-0.15, -0.1) is 0 Å². The minimum Gasteiger partial charge on any atom is -0.478 e. The summed E-state index contributed by atoms with van der Waals surface area (Å²) in [6.45, 7) is 9.93. The monoisotopic (exact) mass is 275 g/mol. The van der Waals surface area contributed by atoms with Crippen LogP contribution in [0.25, 0.3) is 0 Å². The molecule has 2 aliphatic heterocycles. The van der Waals surface area contributed by atoms with Crippen molar-refractivity contribution < 1.29 is 9.53 Å². The summed E-state index contributed by atoms with van der Waals surface area (Å²) in [4.78, 5) is 14.1. The van der Waals surface area contributed by atoms with Crippen molar-refractivity contribution in [1.82, 2.24) is 5.32 Å². The Bertz CT molecular complexity index is 551. The molecule has 2 N–H and O–H groups in total. The number of nitrogens with one attached hydrogen (secondary N) is 2. The Morgan fingerprint density at radius 1 is 1.25 bits per heavy atom. The molecule has 1 fully saturated rings. The van der Waals surface area contributed by atoms with E-state index in [1.54, 1.807) is 6.92 Å². The number of hydrogen-bond donors (Lipinski definition) is 2. The van der Waals surface area contributed by atoms with Crippen LogP contribution in [0.5, 0.6) is 5.75 Å². The van der Waals surface area contributed by atoms with Crippen molar-refractivity contribution >= 4 is 17.3 Å². The van der Waals surface area contributed by atoms with Crippen LogP contribution in [-0.2, 0) is 4.79 Å². The number of carbonyl (C=O) groups is 1. The van der Waals surface area contributed by atoms with E-state index in [0.717, 1.165) is 43.2 Å². The number of nitrogens with zero attached hydrogens (tertiary/aromatic N) is 1. The third-order valence-electron chi connectivity index (χ3n) is 4.19. The minimum atomic E-state index is -0.425. The van der Waals surface area contributed by atoms with Crippen molar-refractivity contribution in [1.29, 1.82) is 0 Å². The molecule has 108 valence electrons. The molecule has 1 aromatic carbocycles. The maximum Gasteiger partial charge on any atom is 0.265 e. The number of benzene rings is 1. The lowest BCUT2D eigenvalue weighted by Crippen LogP contribution is -2.44. The highest BCUT2D eigenvalue weighted by atomic mass is 16.5. The number of fused-ring (bicyclic) bond motifs is 1. The molecule has 2 heterocycles. The van der Waals surface area contributed by atoms with Crippen molar-refractivity contribution in [2.24, 2.45) is 0 Å². The first-order chi connectivity index (χ1) is 9.58. The molecule has 0 bridgehead atoms. The van der Waals surface area contributed by atoms with Gasteiger partial charge >= 0.3 is 0 Å². The Morgan fingerprint density at radius 2 is 1.95 bits per heavy atom. The maximum atomic E-state index is 11.8. The summed E-state index contributed by atoms with van der Waals surface area (Å²) in [6, 6.07) is 2.05. The van der Waals surface area contributed by atoms with Crippen LogP contribution in [0.15, 0.2) is 6.07 Å². The number of ether oxygens (including phenoxy) is 1. The molecule has 1 amide bonds. The average molecular weight is 275 g/mol. The summed E-state index contributed by atoms with van der Waals surface area (Å²) < 4.78 is 5.76. The van der Waals surface area contributed by atoms with Gasteiger partial charge in [0.15, 0.2) is 6.10 Å². The van der Waals surface area contributed by atoms with Crippen LogP contribution in [0.1, 0.15) is 18.1 Å². The third-order valence-corrected chi connectivity index (χ3v) is 4.19. The highest BCUT2D eigenvalue weighted by Gasteiger charge is 2.27. The Hall–Kier alpha value is -1.75. The van der Waals surface area contributed by atoms with Crippen molar-refractivity contribution in [3.63, 3.8) is 0 Å². The van der Waals surface area contributed by atoms with E-state index < -0.39 is 6.10 Å². The zero-order valence-corrected chi connectivity index (χ0v) is 12.2. The quantitative estimate of drug-likeness (QED) is 0.814. The number of piperazine rings is 1. The molecule has 20 heavy (non-hydrogen) atoms. The minimum absolute atomic E-state index is 0.0768. The van der Waals surface area contributed by atoms with Gasteiger partial charge in [-0.25, -0.2) is 0 Å². The van der Waals surface area contributed by atoms with Gasteiger partial charge in [-0.2, -0.15) is 0 Å². The zero-order chi connectivity index (χ0) is 14.3. The Labute approximate surface area is 119 Å². The fourth-order valence-electron chi connectivity index (χ4n) is 2.82. The van der Waals surface area contributed by atoms with E-state index in [0.29, 0.717) is 0 Å². The molecule has 0 aliphatic carbocycles. The van der Waals surface area contributed by atoms with E-state index in [9.17, 15) is 4.79 Å². The predicted octanol–water partition coefficient (Wildman–Crippen LogP) is 1.43. The van der Waals surface area contributed by atoms with Gasteiger partial charge in [0.05, 0.1) is 5.69 Å². The standard InChI is InChI=1S/C15H21N3O2/c1-9-10(2)14-12(17-15(19)11(3)20-14)8-13(9)18-6-4-16-5-7-18/h8,11,16H,4-7H2,1-3H3,(H,17,19). The molecule has 1 atom stereocenters. The van der Waals surface area contributed by atoms with Crippen LogP contribution >= 0.6 is 0 Å². The van der Waals surface area contributed by atoms with Gasteiger partial charge in [0.1, 0.15) is 5.75 Å². The van der Waals surface area contributed by atoms with Gasteiger partial charge in [-0.1, -0.05) is 0 Å². The van der Waals surface area contributed by atoms with E-state index in [-0.39, 0.29) is 5.91 Å². The molecule has 0 saturated carbocycles. The van der Waals surface area contributed by atoms with Crippen LogP contribution in [0.2, 0.25) is 0 Å². The second kappa shape index (κ2) is 4.98. The van der Waals surface area contributed by atoms with E-state index in [1.165, 1.54) is 11.3 Å². The summed E-state index contributed by atoms with van der Waals surface area (Å²) in [5.74, 6) is 0.737. The number of hydrogen-bond acceptors (Lipinski definition) is 4. The van der Waals surface area contributed by atoms with E-state index in [4.69, 9.17) is 4.74 Å². The molecular formula is C15H21N3O2. The molecule has 1 aromatic rings.